The van der Waals surface area contributed by atoms with Gasteiger partial charge in [-0.2, -0.15) is 0 Å². The van der Waals surface area contributed by atoms with Crippen LogP contribution in [-0.2, 0) is 0 Å². The molecule has 0 spiro atoms. The first-order chi connectivity index (χ1) is 8.20. The first kappa shape index (κ1) is 12.6. The summed E-state index contributed by atoms with van der Waals surface area (Å²) in [5.74, 6) is 1.81. The maximum absolute atomic E-state index is 5.99. The Kier molecular flexibility index (Phi) is 4.21. The number of anilines is 1. The van der Waals surface area contributed by atoms with Crippen molar-refractivity contribution >= 4 is 17.4 Å². The minimum absolute atomic E-state index is 0.544. The summed E-state index contributed by atoms with van der Waals surface area (Å²) in [6.45, 7) is 4.25. The number of rotatable bonds is 3. The van der Waals surface area contributed by atoms with Gasteiger partial charge in [0.05, 0.1) is 0 Å². The summed E-state index contributed by atoms with van der Waals surface area (Å²) in [5.41, 5.74) is 0.951. The Balaban J connectivity index is 1.95. The van der Waals surface area contributed by atoms with Gasteiger partial charge in [0, 0.05) is 11.6 Å². The SMILES string of the molecule is CCC1CCC(Nc2ncnc(Cl)c2C)CC1. The highest BCUT2D eigenvalue weighted by atomic mass is 35.5. The zero-order valence-corrected chi connectivity index (χ0v) is 11.3. The summed E-state index contributed by atoms with van der Waals surface area (Å²) < 4.78 is 0. The van der Waals surface area contributed by atoms with Gasteiger partial charge in [0.2, 0.25) is 0 Å². The Hall–Kier alpha value is -0.830. The zero-order valence-electron chi connectivity index (χ0n) is 10.5. The van der Waals surface area contributed by atoms with E-state index in [0.29, 0.717) is 11.2 Å². The second-order valence-electron chi connectivity index (χ2n) is 4.91. The molecule has 0 saturated heterocycles. The van der Waals surface area contributed by atoms with Crippen LogP contribution in [0.5, 0.6) is 0 Å². The lowest BCUT2D eigenvalue weighted by atomic mass is 9.84. The first-order valence-electron chi connectivity index (χ1n) is 6.44. The summed E-state index contributed by atoms with van der Waals surface area (Å²) >= 11 is 5.99. The molecule has 3 nitrogen and oxygen atoms in total. The van der Waals surface area contributed by atoms with E-state index in [1.807, 2.05) is 6.92 Å². The zero-order chi connectivity index (χ0) is 12.3. The Labute approximate surface area is 108 Å². The number of hydrogen-bond donors (Lipinski definition) is 1. The summed E-state index contributed by atoms with van der Waals surface area (Å²) in [7, 11) is 0. The van der Waals surface area contributed by atoms with E-state index in [9.17, 15) is 0 Å². The number of halogens is 1. The second kappa shape index (κ2) is 5.67. The molecule has 0 atom stereocenters. The van der Waals surface area contributed by atoms with E-state index in [4.69, 9.17) is 11.6 Å². The topological polar surface area (TPSA) is 37.8 Å². The van der Waals surface area contributed by atoms with Crippen LogP contribution in [0.2, 0.25) is 5.15 Å². The van der Waals surface area contributed by atoms with Crippen LogP contribution in [0, 0.1) is 12.8 Å². The van der Waals surface area contributed by atoms with Crippen molar-refractivity contribution in [2.45, 2.75) is 52.0 Å². The average Bonchev–Trinajstić information content (AvgIpc) is 2.36. The van der Waals surface area contributed by atoms with Crippen LogP contribution in [-0.4, -0.2) is 16.0 Å². The van der Waals surface area contributed by atoms with E-state index < -0.39 is 0 Å². The van der Waals surface area contributed by atoms with Crippen molar-refractivity contribution < 1.29 is 0 Å². The van der Waals surface area contributed by atoms with Crippen LogP contribution >= 0.6 is 11.6 Å². The van der Waals surface area contributed by atoms with Crippen LogP contribution in [0.3, 0.4) is 0 Å². The standard InChI is InChI=1S/C13H20ClN3/c1-3-10-4-6-11(7-5-10)17-13-9(2)12(14)15-8-16-13/h8,10-11H,3-7H2,1-2H3,(H,15,16,17). The van der Waals surface area contributed by atoms with E-state index >= 15 is 0 Å². The van der Waals surface area contributed by atoms with Crippen molar-refractivity contribution in [1.29, 1.82) is 0 Å². The molecule has 1 aliphatic rings. The average molecular weight is 254 g/mol. The first-order valence-corrected chi connectivity index (χ1v) is 6.82. The number of nitrogens with zero attached hydrogens (tertiary/aromatic N) is 2. The van der Waals surface area contributed by atoms with Crippen molar-refractivity contribution in [1.82, 2.24) is 9.97 Å². The molecular weight excluding hydrogens is 234 g/mol. The van der Waals surface area contributed by atoms with Crippen molar-refractivity contribution in [3.05, 3.63) is 17.0 Å². The molecule has 0 aliphatic heterocycles. The van der Waals surface area contributed by atoms with E-state index in [0.717, 1.165) is 17.3 Å². The highest BCUT2D eigenvalue weighted by Crippen LogP contribution is 2.29. The quantitative estimate of drug-likeness (QED) is 0.833. The summed E-state index contributed by atoms with van der Waals surface area (Å²) in [6.07, 6.45) is 7.96. The van der Waals surface area contributed by atoms with Gasteiger partial charge < -0.3 is 5.32 Å². The molecule has 4 heteroatoms. The molecule has 2 rings (SSSR count). The molecule has 1 saturated carbocycles. The molecule has 17 heavy (non-hydrogen) atoms. The van der Waals surface area contributed by atoms with E-state index in [1.165, 1.54) is 38.4 Å². The fourth-order valence-corrected chi connectivity index (χ4v) is 2.62. The number of hydrogen-bond acceptors (Lipinski definition) is 3. The summed E-state index contributed by atoms with van der Waals surface area (Å²) in [6, 6.07) is 0.544. The van der Waals surface area contributed by atoms with Gasteiger partial charge >= 0.3 is 0 Å². The molecule has 1 heterocycles. The van der Waals surface area contributed by atoms with Gasteiger partial charge in [0.1, 0.15) is 17.3 Å². The molecule has 0 aromatic carbocycles. The lowest BCUT2D eigenvalue weighted by Crippen LogP contribution is -2.26. The van der Waals surface area contributed by atoms with Crippen LogP contribution in [0.15, 0.2) is 6.33 Å². The molecule has 1 aromatic heterocycles. The van der Waals surface area contributed by atoms with Crippen LogP contribution in [0.4, 0.5) is 5.82 Å². The van der Waals surface area contributed by atoms with Gasteiger partial charge in [-0.1, -0.05) is 24.9 Å². The van der Waals surface area contributed by atoms with E-state index in [-0.39, 0.29) is 0 Å². The Bertz CT molecular complexity index is 373. The lowest BCUT2D eigenvalue weighted by Gasteiger charge is -2.29. The van der Waals surface area contributed by atoms with Gasteiger partial charge in [-0.3, -0.25) is 0 Å². The highest BCUT2D eigenvalue weighted by Gasteiger charge is 2.20. The smallest absolute Gasteiger partial charge is 0.137 e. The number of aromatic nitrogens is 2. The molecular formula is C13H20ClN3. The molecule has 0 radical (unpaired) electrons. The largest absolute Gasteiger partial charge is 0.367 e. The van der Waals surface area contributed by atoms with Crippen molar-refractivity contribution in [2.24, 2.45) is 5.92 Å². The molecule has 1 aromatic rings. The summed E-state index contributed by atoms with van der Waals surface area (Å²) in [5, 5.41) is 4.05. The Morgan fingerprint density at radius 3 is 2.65 bits per heavy atom. The van der Waals surface area contributed by atoms with Crippen molar-refractivity contribution in [3.8, 4) is 0 Å². The highest BCUT2D eigenvalue weighted by molar-refractivity contribution is 6.30. The van der Waals surface area contributed by atoms with E-state index in [1.54, 1.807) is 0 Å². The molecule has 0 unspecified atom stereocenters. The maximum atomic E-state index is 5.99. The fourth-order valence-electron chi connectivity index (χ4n) is 2.48. The molecule has 0 bridgehead atoms. The minimum atomic E-state index is 0.544. The van der Waals surface area contributed by atoms with E-state index in [2.05, 4.69) is 22.2 Å². The van der Waals surface area contributed by atoms with Gasteiger partial charge in [-0.25, -0.2) is 9.97 Å². The molecule has 1 aliphatic carbocycles. The Morgan fingerprint density at radius 1 is 1.29 bits per heavy atom. The van der Waals surface area contributed by atoms with Crippen molar-refractivity contribution in [2.75, 3.05) is 5.32 Å². The molecule has 1 fully saturated rings. The monoisotopic (exact) mass is 253 g/mol. The third kappa shape index (κ3) is 3.09. The van der Waals surface area contributed by atoms with Crippen LogP contribution in [0.1, 0.15) is 44.6 Å². The van der Waals surface area contributed by atoms with Crippen molar-refractivity contribution in [3.63, 3.8) is 0 Å². The normalized spacial score (nSPS) is 24.6. The van der Waals surface area contributed by atoms with Crippen LogP contribution < -0.4 is 5.32 Å². The predicted molar refractivity (Wildman–Crippen MR) is 71.4 cm³/mol. The molecule has 0 amide bonds. The predicted octanol–water partition coefficient (Wildman–Crippen LogP) is 3.82. The Morgan fingerprint density at radius 2 is 2.00 bits per heavy atom. The lowest BCUT2D eigenvalue weighted by molar-refractivity contribution is 0.330. The number of nitrogens with one attached hydrogen (secondary N) is 1. The van der Waals surface area contributed by atoms with Gasteiger partial charge in [-0.15, -0.1) is 0 Å². The second-order valence-corrected chi connectivity index (χ2v) is 5.27. The third-order valence-corrected chi connectivity index (χ3v) is 4.17. The molecule has 1 N–H and O–H groups in total. The minimum Gasteiger partial charge on any atom is -0.367 e. The van der Waals surface area contributed by atoms with Gasteiger partial charge in [-0.05, 0) is 38.5 Å². The van der Waals surface area contributed by atoms with Gasteiger partial charge in [0.25, 0.3) is 0 Å². The fraction of sp³-hybridized carbons (Fsp3) is 0.692. The van der Waals surface area contributed by atoms with Crippen LogP contribution in [0.25, 0.3) is 0 Å². The molecule has 94 valence electrons. The maximum Gasteiger partial charge on any atom is 0.137 e. The third-order valence-electron chi connectivity index (χ3n) is 3.79. The summed E-state index contributed by atoms with van der Waals surface area (Å²) in [4.78, 5) is 8.24. The van der Waals surface area contributed by atoms with Gasteiger partial charge in [0.15, 0.2) is 0 Å².